The summed E-state index contributed by atoms with van der Waals surface area (Å²) in [7, 11) is -4.07. The highest BCUT2D eigenvalue weighted by Crippen LogP contribution is 2.44. The van der Waals surface area contributed by atoms with Gasteiger partial charge in [-0.15, -0.1) is 0 Å². The molecule has 122 valence electrons. The van der Waals surface area contributed by atoms with Gasteiger partial charge >= 0.3 is 7.82 Å². The molecular weight excluding hydrogens is 287 g/mol. The summed E-state index contributed by atoms with van der Waals surface area (Å²) in [5.41, 5.74) is 0. The van der Waals surface area contributed by atoms with Crippen LogP contribution in [0.3, 0.4) is 0 Å². The molecule has 0 saturated carbocycles. The maximum absolute atomic E-state index is 11.3. The van der Waals surface area contributed by atoms with Crippen molar-refractivity contribution >= 4 is 7.82 Å². The Balaban J connectivity index is 3.77. The summed E-state index contributed by atoms with van der Waals surface area (Å²) in [5, 5.41) is 9.14. The van der Waals surface area contributed by atoms with E-state index in [1.807, 2.05) is 13.8 Å². The molecule has 0 fully saturated rings. The molecule has 0 aliphatic carbocycles. The normalized spacial score (nSPS) is 16.6. The lowest BCUT2D eigenvalue weighted by Crippen LogP contribution is -2.22. The minimum absolute atomic E-state index is 0.0859. The largest absolute Gasteiger partial charge is 0.474 e. The van der Waals surface area contributed by atoms with Crippen LogP contribution in [0.25, 0.3) is 0 Å². The van der Waals surface area contributed by atoms with Crippen molar-refractivity contribution in [1.29, 1.82) is 0 Å². The van der Waals surface area contributed by atoms with Crippen molar-refractivity contribution in [3.05, 3.63) is 0 Å². The van der Waals surface area contributed by atoms with Crippen molar-refractivity contribution in [3.63, 3.8) is 0 Å². The fraction of sp³-hybridized carbons (Fsp3) is 1.00. The van der Waals surface area contributed by atoms with Gasteiger partial charge < -0.3 is 19.5 Å². The Hall–Kier alpha value is -0.0100. The molecule has 8 heteroatoms. The van der Waals surface area contributed by atoms with Crippen LogP contribution in [0.15, 0.2) is 0 Å². The van der Waals surface area contributed by atoms with Gasteiger partial charge in [0.05, 0.1) is 25.9 Å². The molecule has 0 heterocycles. The van der Waals surface area contributed by atoms with Crippen molar-refractivity contribution in [2.75, 3.05) is 33.2 Å². The molecule has 0 saturated heterocycles. The Kier molecular flexibility index (Phi) is 10.7. The zero-order valence-electron chi connectivity index (χ0n) is 12.7. The molecule has 2 N–H and O–H groups in total. The molecule has 2 unspecified atom stereocenters. The first-order valence-corrected chi connectivity index (χ1v) is 8.18. The van der Waals surface area contributed by atoms with Crippen molar-refractivity contribution in [2.45, 2.75) is 33.8 Å². The molecule has 0 radical (unpaired) electrons. The fourth-order valence-electron chi connectivity index (χ4n) is 1.24. The maximum Gasteiger partial charge on any atom is 0.474 e. The molecule has 20 heavy (non-hydrogen) atoms. The van der Waals surface area contributed by atoms with Gasteiger partial charge in [-0.3, -0.25) is 9.05 Å². The number of phosphoric ester groups is 1. The third-order valence-electron chi connectivity index (χ3n) is 2.06. The first-order chi connectivity index (χ1) is 9.26. The standard InChI is InChI=1S/C12H27O7P/c1-10(2)6-16-7-12(5-13)8-17-9-18-20(14,15)19-11(3)4/h10-13H,5-9H2,1-4H3,(H,14,15). The van der Waals surface area contributed by atoms with Crippen LogP contribution in [-0.2, 0) is 23.1 Å². The topological polar surface area (TPSA) is 94.5 Å². The van der Waals surface area contributed by atoms with Crippen molar-refractivity contribution < 1.29 is 33.1 Å². The third kappa shape index (κ3) is 11.8. The monoisotopic (exact) mass is 314 g/mol. The molecular formula is C12H27O7P. The average Bonchev–Trinajstić information content (AvgIpc) is 2.30. The highest BCUT2D eigenvalue weighted by atomic mass is 31.2. The summed E-state index contributed by atoms with van der Waals surface area (Å²) in [4.78, 5) is 9.27. The predicted octanol–water partition coefficient (Wildman–Crippen LogP) is 1.78. The van der Waals surface area contributed by atoms with Gasteiger partial charge in [-0.1, -0.05) is 13.8 Å². The van der Waals surface area contributed by atoms with Gasteiger partial charge in [0.2, 0.25) is 0 Å². The summed E-state index contributed by atoms with van der Waals surface area (Å²) in [6, 6.07) is 0. The van der Waals surface area contributed by atoms with E-state index in [0.29, 0.717) is 19.1 Å². The summed E-state index contributed by atoms with van der Waals surface area (Å²) in [6.45, 7) is 8.02. The van der Waals surface area contributed by atoms with Crippen LogP contribution < -0.4 is 0 Å². The van der Waals surface area contributed by atoms with Crippen molar-refractivity contribution in [2.24, 2.45) is 11.8 Å². The van der Waals surface area contributed by atoms with Gasteiger partial charge in [-0.2, -0.15) is 0 Å². The molecule has 0 aliphatic rings. The van der Waals surface area contributed by atoms with Crippen LogP contribution in [-0.4, -0.2) is 49.3 Å². The fourth-order valence-corrected chi connectivity index (χ4v) is 2.04. The number of aliphatic hydroxyl groups is 1. The molecule has 0 rings (SSSR count). The lowest BCUT2D eigenvalue weighted by molar-refractivity contribution is -0.0478. The van der Waals surface area contributed by atoms with Crippen LogP contribution in [0.2, 0.25) is 0 Å². The first kappa shape index (κ1) is 20.0. The Morgan fingerprint density at radius 3 is 2.15 bits per heavy atom. The highest BCUT2D eigenvalue weighted by Gasteiger charge is 2.22. The van der Waals surface area contributed by atoms with Gasteiger partial charge in [0.25, 0.3) is 0 Å². The second kappa shape index (κ2) is 10.7. The van der Waals surface area contributed by atoms with Crippen LogP contribution in [0, 0.1) is 11.8 Å². The Morgan fingerprint density at radius 1 is 1.05 bits per heavy atom. The van der Waals surface area contributed by atoms with Crippen LogP contribution in [0.4, 0.5) is 0 Å². The molecule has 0 amide bonds. The molecule has 0 bridgehead atoms. The van der Waals surface area contributed by atoms with E-state index >= 15 is 0 Å². The summed E-state index contributed by atoms with van der Waals surface area (Å²) < 4.78 is 31.1. The SMILES string of the molecule is CC(C)COCC(CO)COCOP(=O)(O)OC(C)C. The molecule has 0 aromatic rings. The van der Waals surface area contributed by atoms with Gasteiger partial charge in [0.15, 0.2) is 6.79 Å². The van der Waals surface area contributed by atoms with Gasteiger partial charge in [-0.25, -0.2) is 4.57 Å². The second-order valence-electron chi connectivity index (χ2n) is 5.22. The molecule has 0 spiro atoms. The number of phosphoric acid groups is 1. The minimum Gasteiger partial charge on any atom is -0.396 e. The van der Waals surface area contributed by atoms with E-state index in [1.165, 1.54) is 0 Å². The number of aliphatic hydroxyl groups excluding tert-OH is 1. The summed E-state index contributed by atoms with van der Waals surface area (Å²) in [6.07, 6.45) is -0.416. The highest BCUT2D eigenvalue weighted by molar-refractivity contribution is 7.47. The molecule has 2 atom stereocenters. The van der Waals surface area contributed by atoms with Crippen LogP contribution >= 0.6 is 7.82 Å². The van der Waals surface area contributed by atoms with Crippen molar-refractivity contribution in [1.82, 2.24) is 0 Å². The summed E-state index contributed by atoms with van der Waals surface area (Å²) in [5.74, 6) is 0.230. The Morgan fingerprint density at radius 2 is 1.65 bits per heavy atom. The van der Waals surface area contributed by atoms with E-state index in [2.05, 4.69) is 4.52 Å². The Labute approximate surface area is 120 Å². The zero-order chi connectivity index (χ0) is 15.6. The number of hydrogen-bond acceptors (Lipinski definition) is 6. The predicted molar refractivity (Wildman–Crippen MR) is 74.2 cm³/mol. The number of rotatable bonds is 12. The molecule has 0 aromatic carbocycles. The zero-order valence-corrected chi connectivity index (χ0v) is 13.5. The van der Waals surface area contributed by atoms with Gasteiger partial charge in [-0.05, 0) is 19.8 Å². The van der Waals surface area contributed by atoms with Gasteiger partial charge in [0, 0.05) is 12.5 Å². The lowest BCUT2D eigenvalue weighted by Gasteiger charge is -2.17. The van der Waals surface area contributed by atoms with E-state index in [0.717, 1.165) is 0 Å². The van der Waals surface area contributed by atoms with Crippen molar-refractivity contribution in [3.8, 4) is 0 Å². The Bertz CT molecular complexity index is 283. The van der Waals surface area contributed by atoms with Gasteiger partial charge in [0.1, 0.15) is 0 Å². The summed E-state index contributed by atoms with van der Waals surface area (Å²) >= 11 is 0. The first-order valence-electron chi connectivity index (χ1n) is 6.69. The molecule has 0 aromatic heterocycles. The van der Waals surface area contributed by atoms with Crippen LogP contribution in [0.5, 0.6) is 0 Å². The minimum atomic E-state index is -4.07. The quantitative estimate of drug-likeness (QED) is 0.322. The molecule has 7 nitrogen and oxygen atoms in total. The average molecular weight is 314 g/mol. The van der Waals surface area contributed by atoms with E-state index < -0.39 is 13.9 Å². The van der Waals surface area contributed by atoms with E-state index in [9.17, 15) is 9.46 Å². The van der Waals surface area contributed by atoms with E-state index in [4.69, 9.17) is 19.1 Å². The van der Waals surface area contributed by atoms with Crippen LogP contribution in [0.1, 0.15) is 27.7 Å². The number of hydrogen-bond donors (Lipinski definition) is 2. The number of ether oxygens (including phenoxy) is 2. The third-order valence-corrected chi connectivity index (χ3v) is 3.18. The lowest BCUT2D eigenvalue weighted by atomic mass is 10.2. The second-order valence-corrected chi connectivity index (χ2v) is 6.63. The van der Waals surface area contributed by atoms with E-state index in [-0.39, 0.29) is 25.9 Å². The maximum atomic E-state index is 11.3. The van der Waals surface area contributed by atoms with E-state index in [1.54, 1.807) is 13.8 Å². The smallest absolute Gasteiger partial charge is 0.396 e. The molecule has 0 aliphatic heterocycles.